The van der Waals surface area contributed by atoms with E-state index < -0.39 is 5.60 Å². The van der Waals surface area contributed by atoms with Gasteiger partial charge >= 0.3 is 0 Å². The fraction of sp³-hybridized carbons (Fsp3) is 0.875. The van der Waals surface area contributed by atoms with Gasteiger partial charge in [-0.1, -0.05) is 0 Å². The van der Waals surface area contributed by atoms with Crippen molar-refractivity contribution in [2.24, 2.45) is 10.9 Å². The van der Waals surface area contributed by atoms with Gasteiger partial charge in [0.25, 0.3) is 0 Å². The summed E-state index contributed by atoms with van der Waals surface area (Å²) in [6.45, 7) is 2.24. The summed E-state index contributed by atoms with van der Waals surface area (Å²) in [5.74, 6) is 1.43. The molecule has 1 heterocycles. The average Bonchev–Trinajstić information content (AvgIpc) is 3.34. The quantitative estimate of drug-likeness (QED) is 0.350. The number of aliphatic hydroxyl groups is 1. The molecule has 6 nitrogen and oxygen atoms in total. The van der Waals surface area contributed by atoms with Crippen LogP contribution in [0.25, 0.3) is 0 Å². The molecule has 1 amide bonds. The van der Waals surface area contributed by atoms with E-state index in [1.165, 1.54) is 0 Å². The number of nitrogens with zero attached hydrogens (tertiary/aromatic N) is 2. The summed E-state index contributed by atoms with van der Waals surface area (Å²) >= 11 is 0. The predicted octanol–water partition coefficient (Wildman–Crippen LogP) is 1.09. The highest BCUT2D eigenvalue weighted by molar-refractivity contribution is 14.0. The number of aliphatic imine (C=N–C) groups is 1. The van der Waals surface area contributed by atoms with Crippen molar-refractivity contribution in [3.05, 3.63) is 0 Å². The fourth-order valence-electron chi connectivity index (χ4n) is 3.23. The van der Waals surface area contributed by atoms with Crippen LogP contribution in [-0.4, -0.2) is 60.2 Å². The van der Waals surface area contributed by atoms with Crippen LogP contribution >= 0.6 is 24.0 Å². The Bertz CT molecular complexity index is 441. The molecule has 2 saturated carbocycles. The van der Waals surface area contributed by atoms with Crippen LogP contribution in [-0.2, 0) is 4.79 Å². The van der Waals surface area contributed by atoms with Crippen LogP contribution in [0.3, 0.4) is 0 Å². The molecule has 3 aliphatic rings. The number of hydrogen-bond donors (Lipinski definition) is 3. The van der Waals surface area contributed by atoms with Crippen LogP contribution < -0.4 is 10.6 Å². The van der Waals surface area contributed by atoms with Crippen molar-refractivity contribution in [3.63, 3.8) is 0 Å². The molecular weight excluding hydrogens is 407 g/mol. The summed E-state index contributed by atoms with van der Waals surface area (Å²) < 4.78 is 0. The normalized spacial score (nSPS) is 24.4. The van der Waals surface area contributed by atoms with Crippen LogP contribution in [0, 0.1) is 5.92 Å². The first-order valence-electron chi connectivity index (χ1n) is 8.58. The number of amides is 1. The third-order valence-electron chi connectivity index (χ3n) is 5.17. The number of likely N-dealkylation sites (tertiary alicyclic amines) is 1. The molecule has 0 atom stereocenters. The lowest BCUT2D eigenvalue weighted by Gasteiger charge is -2.37. The second kappa shape index (κ2) is 8.00. The molecule has 1 aliphatic heterocycles. The standard InChI is InChI=1S/C16H28N4O2.HI/c1-17-15(18-11-16(22)7-2-8-16)19-13-5-9-20(10-6-13)14(21)12-3-4-12;/h12-13,22H,2-11H2,1H3,(H2,17,18,19);1H. The van der Waals surface area contributed by atoms with Crippen molar-refractivity contribution < 1.29 is 9.90 Å². The highest BCUT2D eigenvalue weighted by Crippen LogP contribution is 2.32. The average molecular weight is 436 g/mol. The molecule has 7 heteroatoms. The molecule has 0 aromatic rings. The summed E-state index contributed by atoms with van der Waals surface area (Å²) in [6, 6.07) is 0.352. The molecule has 0 bridgehead atoms. The number of halogens is 1. The van der Waals surface area contributed by atoms with E-state index in [0.29, 0.717) is 24.4 Å². The molecule has 0 aromatic heterocycles. The van der Waals surface area contributed by atoms with E-state index >= 15 is 0 Å². The predicted molar refractivity (Wildman–Crippen MR) is 101 cm³/mol. The van der Waals surface area contributed by atoms with Crippen molar-refractivity contribution >= 4 is 35.8 Å². The van der Waals surface area contributed by atoms with Gasteiger partial charge < -0.3 is 20.6 Å². The van der Waals surface area contributed by atoms with E-state index in [-0.39, 0.29) is 24.0 Å². The van der Waals surface area contributed by atoms with Gasteiger partial charge in [-0.3, -0.25) is 9.79 Å². The maximum atomic E-state index is 12.0. The minimum atomic E-state index is -0.544. The molecule has 0 unspecified atom stereocenters. The molecule has 0 radical (unpaired) electrons. The molecule has 0 aromatic carbocycles. The Balaban J connectivity index is 0.00000192. The van der Waals surface area contributed by atoms with Crippen molar-refractivity contribution in [2.75, 3.05) is 26.7 Å². The van der Waals surface area contributed by atoms with Gasteiger partial charge in [-0.15, -0.1) is 24.0 Å². The Labute approximate surface area is 155 Å². The lowest BCUT2D eigenvalue weighted by atomic mass is 9.80. The zero-order valence-corrected chi connectivity index (χ0v) is 16.2. The Kier molecular flexibility index (Phi) is 6.53. The topological polar surface area (TPSA) is 77.0 Å². The van der Waals surface area contributed by atoms with Crippen LogP contribution in [0.15, 0.2) is 4.99 Å². The number of nitrogens with one attached hydrogen (secondary N) is 2. The van der Waals surface area contributed by atoms with Gasteiger partial charge in [-0.25, -0.2) is 0 Å². The summed E-state index contributed by atoms with van der Waals surface area (Å²) in [7, 11) is 1.76. The molecule has 1 saturated heterocycles. The third-order valence-corrected chi connectivity index (χ3v) is 5.17. The van der Waals surface area contributed by atoms with E-state index in [1.807, 2.05) is 4.90 Å². The Hall–Kier alpha value is -0.570. The summed E-state index contributed by atoms with van der Waals surface area (Å²) in [4.78, 5) is 18.3. The van der Waals surface area contributed by atoms with Gasteiger partial charge in [0.15, 0.2) is 5.96 Å². The third kappa shape index (κ3) is 4.95. The maximum absolute atomic E-state index is 12.0. The summed E-state index contributed by atoms with van der Waals surface area (Å²) in [6.07, 6.45) is 6.94. The van der Waals surface area contributed by atoms with E-state index in [1.54, 1.807) is 7.05 Å². The number of piperidine rings is 1. The van der Waals surface area contributed by atoms with Crippen LogP contribution in [0.2, 0.25) is 0 Å². The fourth-order valence-corrected chi connectivity index (χ4v) is 3.23. The number of rotatable bonds is 4. The maximum Gasteiger partial charge on any atom is 0.225 e. The van der Waals surface area contributed by atoms with Crippen molar-refractivity contribution in [3.8, 4) is 0 Å². The molecule has 3 N–H and O–H groups in total. The number of guanidine groups is 1. The minimum Gasteiger partial charge on any atom is -0.388 e. The lowest BCUT2D eigenvalue weighted by molar-refractivity contribution is -0.133. The zero-order valence-electron chi connectivity index (χ0n) is 13.9. The number of hydrogen-bond acceptors (Lipinski definition) is 3. The smallest absolute Gasteiger partial charge is 0.225 e. The first-order valence-corrected chi connectivity index (χ1v) is 8.58. The first-order chi connectivity index (χ1) is 10.6. The lowest BCUT2D eigenvalue weighted by Crippen LogP contribution is -2.54. The van der Waals surface area contributed by atoms with E-state index in [4.69, 9.17) is 0 Å². The second-order valence-corrected chi connectivity index (χ2v) is 7.02. The van der Waals surface area contributed by atoms with Gasteiger partial charge in [0.1, 0.15) is 0 Å². The molecule has 0 spiro atoms. The minimum absolute atomic E-state index is 0. The molecule has 3 rings (SSSR count). The summed E-state index contributed by atoms with van der Waals surface area (Å²) in [5.41, 5.74) is -0.544. The van der Waals surface area contributed by atoms with E-state index in [9.17, 15) is 9.90 Å². The van der Waals surface area contributed by atoms with Crippen molar-refractivity contribution in [2.45, 2.75) is 56.6 Å². The van der Waals surface area contributed by atoms with Gasteiger partial charge in [0.05, 0.1) is 5.60 Å². The largest absolute Gasteiger partial charge is 0.388 e. The molecular formula is C16H29IN4O2. The molecule has 2 aliphatic carbocycles. The van der Waals surface area contributed by atoms with E-state index in [2.05, 4.69) is 15.6 Å². The Morgan fingerprint density at radius 1 is 1.26 bits per heavy atom. The highest BCUT2D eigenvalue weighted by Gasteiger charge is 2.36. The van der Waals surface area contributed by atoms with Gasteiger partial charge in [0, 0.05) is 38.6 Å². The van der Waals surface area contributed by atoms with Crippen molar-refractivity contribution in [1.29, 1.82) is 0 Å². The molecule has 3 fully saturated rings. The first kappa shape index (κ1) is 18.8. The van der Waals surface area contributed by atoms with Crippen LogP contribution in [0.1, 0.15) is 44.9 Å². The Morgan fingerprint density at radius 3 is 2.39 bits per heavy atom. The van der Waals surface area contributed by atoms with Crippen LogP contribution in [0.5, 0.6) is 0 Å². The SMILES string of the molecule is CN=C(NCC1(O)CCC1)NC1CCN(C(=O)C2CC2)CC1.I. The van der Waals surface area contributed by atoms with Gasteiger partial charge in [0.2, 0.25) is 5.91 Å². The second-order valence-electron chi connectivity index (χ2n) is 7.02. The monoisotopic (exact) mass is 436 g/mol. The molecule has 132 valence electrons. The van der Waals surface area contributed by atoms with E-state index in [0.717, 1.165) is 64.0 Å². The Morgan fingerprint density at radius 2 is 1.91 bits per heavy atom. The van der Waals surface area contributed by atoms with Crippen molar-refractivity contribution in [1.82, 2.24) is 15.5 Å². The number of carbonyl (C=O) groups excluding carboxylic acids is 1. The van der Waals surface area contributed by atoms with Gasteiger partial charge in [-0.2, -0.15) is 0 Å². The number of carbonyl (C=O) groups is 1. The zero-order chi connectivity index (χ0) is 15.6. The summed E-state index contributed by atoms with van der Waals surface area (Å²) in [5, 5.41) is 16.8. The van der Waals surface area contributed by atoms with Crippen LogP contribution in [0.4, 0.5) is 0 Å². The molecule has 23 heavy (non-hydrogen) atoms. The van der Waals surface area contributed by atoms with Gasteiger partial charge in [-0.05, 0) is 44.9 Å². The highest BCUT2D eigenvalue weighted by atomic mass is 127.